The lowest BCUT2D eigenvalue weighted by Crippen LogP contribution is -2.02. The molecule has 1 heterocycles. The van der Waals surface area contributed by atoms with Crippen molar-refractivity contribution in [2.75, 3.05) is 0 Å². The number of phenols is 1. The highest BCUT2D eigenvalue weighted by molar-refractivity contribution is 5.86. The number of hydrogen-bond acceptors (Lipinski definition) is 3. The highest BCUT2D eigenvalue weighted by Gasteiger charge is 2.09. The minimum atomic E-state index is -0.403. The minimum Gasteiger partial charge on any atom is -0.507 e. The molecule has 0 aliphatic carbocycles. The Balaban J connectivity index is 2.35. The minimum absolute atomic E-state index is 0.105. The van der Waals surface area contributed by atoms with E-state index in [4.69, 9.17) is 4.42 Å². The van der Waals surface area contributed by atoms with Crippen LogP contribution in [0.25, 0.3) is 22.1 Å². The number of phenolic OH excluding ortho intramolecular Hbond substituents is 1. The highest BCUT2D eigenvalue weighted by Crippen LogP contribution is 2.26. The van der Waals surface area contributed by atoms with Crippen molar-refractivity contribution in [3.8, 4) is 16.9 Å². The molecule has 18 heavy (non-hydrogen) atoms. The van der Waals surface area contributed by atoms with Gasteiger partial charge in [0.2, 0.25) is 0 Å². The van der Waals surface area contributed by atoms with Gasteiger partial charge in [-0.3, -0.25) is 0 Å². The standard InChI is InChI=1S/C15H10O3/c16-13-7-4-8-14-12(13)9-11(15(17)18-14)10-5-2-1-3-6-10/h1-9,16H. The average Bonchev–Trinajstić information content (AvgIpc) is 2.39. The smallest absolute Gasteiger partial charge is 0.344 e. The van der Waals surface area contributed by atoms with Crippen LogP contribution in [0, 0.1) is 0 Å². The molecule has 0 amide bonds. The summed E-state index contributed by atoms with van der Waals surface area (Å²) in [7, 11) is 0. The monoisotopic (exact) mass is 238 g/mol. The van der Waals surface area contributed by atoms with Crippen molar-refractivity contribution in [3.63, 3.8) is 0 Å². The summed E-state index contributed by atoms with van der Waals surface area (Å²) in [6, 6.07) is 15.8. The zero-order valence-corrected chi connectivity index (χ0v) is 9.46. The second-order valence-electron chi connectivity index (χ2n) is 4.00. The van der Waals surface area contributed by atoms with Gasteiger partial charge < -0.3 is 9.52 Å². The molecule has 0 bridgehead atoms. The predicted molar refractivity (Wildman–Crippen MR) is 69.6 cm³/mol. The molecule has 0 unspecified atom stereocenters. The zero-order valence-electron chi connectivity index (χ0n) is 9.46. The summed E-state index contributed by atoms with van der Waals surface area (Å²) >= 11 is 0. The molecule has 2 aromatic carbocycles. The molecular weight excluding hydrogens is 228 g/mol. The Kier molecular flexibility index (Phi) is 2.38. The summed E-state index contributed by atoms with van der Waals surface area (Å²) in [5.41, 5.74) is 1.21. The normalized spacial score (nSPS) is 10.7. The molecular formula is C15H10O3. The maximum Gasteiger partial charge on any atom is 0.344 e. The summed E-state index contributed by atoms with van der Waals surface area (Å²) in [6.45, 7) is 0. The van der Waals surface area contributed by atoms with Gasteiger partial charge in [0, 0.05) is 0 Å². The number of hydrogen-bond donors (Lipinski definition) is 1. The van der Waals surface area contributed by atoms with Crippen molar-refractivity contribution >= 4 is 11.0 Å². The van der Waals surface area contributed by atoms with E-state index in [0.717, 1.165) is 5.56 Å². The summed E-state index contributed by atoms with van der Waals surface area (Å²) in [4.78, 5) is 11.9. The molecule has 0 radical (unpaired) electrons. The Morgan fingerprint density at radius 3 is 2.50 bits per heavy atom. The van der Waals surface area contributed by atoms with Gasteiger partial charge in [-0.1, -0.05) is 36.4 Å². The van der Waals surface area contributed by atoms with Gasteiger partial charge in [0.25, 0.3) is 0 Å². The molecule has 1 aromatic heterocycles. The van der Waals surface area contributed by atoms with Gasteiger partial charge in [-0.2, -0.15) is 0 Å². The van der Waals surface area contributed by atoms with Crippen LogP contribution in [0.2, 0.25) is 0 Å². The fourth-order valence-corrected chi connectivity index (χ4v) is 1.94. The molecule has 88 valence electrons. The fraction of sp³-hybridized carbons (Fsp3) is 0. The highest BCUT2D eigenvalue weighted by atomic mass is 16.4. The largest absolute Gasteiger partial charge is 0.507 e. The van der Waals surface area contributed by atoms with Crippen molar-refractivity contribution in [2.45, 2.75) is 0 Å². The van der Waals surface area contributed by atoms with Gasteiger partial charge in [0.15, 0.2) is 0 Å². The molecule has 0 fully saturated rings. The van der Waals surface area contributed by atoms with E-state index in [1.807, 2.05) is 30.3 Å². The van der Waals surface area contributed by atoms with Crippen LogP contribution < -0.4 is 5.63 Å². The van der Waals surface area contributed by atoms with Crippen LogP contribution in [0.1, 0.15) is 0 Å². The van der Waals surface area contributed by atoms with Crippen LogP contribution in [-0.2, 0) is 0 Å². The lowest BCUT2D eigenvalue weighted by molar-refractivity contribution is 0.479. The first kappa shape index (κ1) is 10.6. The third-order valence-electron chi connectivity index (χ3n) is 2.84. The number of aromatic hydroxyl groups is 1. The second kappa shape index (κ2) is 4.04. The first-order valence-corrected chi connectivity index (χ1v) is 5.57. The first-order chi connectivity index (χ1) is 8.75. The summed E-state index contributed by atoms with van der Waals surface area (Å²) < 4.78 is 5.21. The summed E-state index contributed by atoms with van der Waals surface area (Å²) in [5.74, 6) is 0.105. The first-order valence-electron chi connectivity index (χ1n) is 5.57. The van der Waals surface area contributed by atoms with Crippen LogP contribution in [0.5, 0.6) is 5.75 Å². The Morgan fingerprint density at radius 1 is 0.944 bits per heavy atom. The van der Waals surface area contributed by atoms with E-state index in [9.17, 15) is 9.90 Å². The lowest BCUT2D eigenvalue weighted by atomic mass is 10.1. The van der Waals surface area contributed by atoms with Gasteiger partial charge in [-0.05, 0) is 23.8 Å². The van der Waals surface area contributed by atoms with Crippen molar-refractivity contribution in [2.24, 2.45) is 0 Å². The van der Waals surface area contributed by atoms with Crippen molar-refractivity contribution < 1.29 is 9.52 Å². The van der Waals surface area contributed by atoms with E-state index < -0.39 is 5.63 Å². The maximum absolute atomic E-state index is 11.9. The zero-order chi connectivity index (χ0) is 12.5. The Hall–Kier alpha value is -2.55. The van der Waals surface area contributed by atoms with E-state index in [1.165, 1.54) is 0 Å². The van der Waals surface area contributed by atoms with Crippen molar-refractivity contribution in [1.82, 2.24) is 0 Å². The van der Waals surface area contributed by atoms with Gasteiger partial charge in [0.05, 0.1) is 10.9 Å². The number of fused-ring (bicyclic) bond motifs is 1. The molecule has 0 aliphatic rings. The van der Waals surface area contributed by atoms with E-state index >= 15 is 0 Å². The SMILES string of the molecule is O=c1oc2cccc(O)c2cc1-c1ccccc1. The molecule has 0 saturated heterocycles. The van der Waals surface area contributed by atoms with E-state index in [-0.39, 0.29) is 5.75 Å². The molecule has 3 rings (SSSR count). The van der Waals surface area contributed by atoms with Crippen LogP contribution in [0.4, 0.5) is 0 Å². The molecule has 3 heteroatoms. The predicted octanol–water partition coefficient (Wildman–Crippen LogP) is 3.17. The topological polar surface area (TPSA) is 50.4 Å². The molecule has 3 aromatic rings. The van der Waals surface area contributed by atoms with Crippen molar-refractivity contribution in [1.29, 1.82) is 0 Å². The summed E-state index contributed by atoms with van der Waals surface area (Å²) in [6.07, 6.45) is 0. The molecule has 0 spiro atoms. The molecule has 0 atom stereocenters. The van der Waals surface area contributed by atoms with Gasteiger partial charge in [-0.15, -0.1) is 0 Å². The third kappa shape index (κ3) is 1.66. The number of rotatable bonds is 1. The van der Waals surface area contributed by atoms with Crippen LogP contribution in [-0.4, -0.2) is 5.11 Å². The van der Waals surface area contributed by atoms with E-state index in [1.54, 1.807) is 24.3 Å². The Labute approximate surface area is 103 Å². The quantitative estimate of drug-likeness (QED) is 0.662. The fourth-order valence-electron chi connectivity index (χ4n) is 1.94. The Bertz CT molecular complexity index is 758. The maximum atomic E-state index is 11.9. The van der Waals surface area contributed by atoms with Gasteiger partial charge >= 0.3 is 5.63 Å². The molecule has 0 saturated carbocycles. The van der Waals surface area contributed by atoms with Crippen LogP contribution >= 0.6 is 0 Å². The average molecular weight is 238 g/mol. The Morgan fingerprint density at radius 2 is 1.72 bits per heavy atom. The van der Waals surface area contributed by atoms with Crippen LogP contribution in [0.15, 0.2) is 63.8 Å². The van der Waals surface area contributed by atoms with E-state index in [0.29, 0.717) is 16.5 Å². The molecule has 0 aliphatic heterocycles. The third-order valence-corrected chi connectivity index (χ3v) is 2.84. The second-order valence-corrected chi connectivity index (χ2v) is 4.00. The lowest BCUT2D eigenvalue weighted by Gasteiger charge is -2.03. The molecule has 3 nitrogen and oxygen atoms in total. The molecule has 1 N–H and O–H groups in total. The van der Waals surface area contributed by atoms with E-state index in [2.05, 4.69) is 0 Å². The van der Waals surface area contributed by atoms with Gasteiger partial charge in [0.1, 0.15) is 11.3 Å². The van der Waals surface area contributed by atoms with Gasteiger partial charge in [-0.25, -0.2) is 4.79 Å². The van der Waals surface area contributed by atoms with Crippen LogP contribution in [0.3, 0.4) is 0 Å². The summed E-state index contributed by atoms with van der Waals surface area (Å²) in [5, 5.41) is 10.3. The number of benzene rings is 2. The van der Waals surface area contributed by atoms with Crippen molar-refractivity contribution in [3.05, 3.63) is 65.0 Å².